The van der Waals surface area contributed by atoms with Crippen molar-refractivity contribution >= 4 is 23.4 Å². The van der Waals surface area contributed by atoms with Crippen LogP contribution in [0.5, 0.6) is 17.5 Å². The van der Waals surface area contributed by atoms with E-state index in [1.807, 2.05) is 33.8 Å². The lowest BCUT2D eigenvalue weighted by Gasteiger charge is -2.21. The number of ether oxygens (including phenoxy) is 2. The highest BCUT2D eigenvalue weighted by molar-refractivity contribution is 5.90. The molecule has 4 N–H and O–H groups in total. The number of carbonyl (C=O) groups is 1. The summed E-state index contributed by atoms with van der Waals surface area (Å²) in [7, 11) is 1.52. The molecular formula is C24H33N7O3. The van der Waals surface area contributed by atoms with Gasteiger partial charge in [0.2, 0.25) is 0 Å². The highest BCUT2D eigenvalue weighted by atomic mass is 16.5. The van der Waals surface area contributed by atoms with Crippen molar-refractivity contribution < 1.29 is 14.3 Å². The number of aryl methyl sites for hydroxylation is 1. The minimum Gasteiger partial charge on any atom is -0.493 e. The maximum Gasteiger partial charge on any atom is 0.324 e. The number of benzene rings is 1. The van der Waals surface area contributed by atoms with Gasteiger partial charge in [-0.3, -0.25) is 5.10 Å². The number of carbonyl (C=O) groups excluding carboxylic acids is 1. The van der Waals surface area contributed by atoms with Crippen LogP contribution >= 0.6 is 0 Å². The van der Waals surface area contributed by atoms with Crippen LogP contribution in [0.1, 0.15) is 52.9 Å². The van der Waals surface area contributed by atoms with E-state index in [4.69, 9.17) is 9.47 Å². The third kappa shape index (κ3) is 6.84. The van der Waals surface area contributed by atoms with Crippen molar-refractivity contribution in [1.29, 1.82) is 0 Å². The molecule has 34 heavy (non-hydrogen) atoms. The lowest BCUT2D eigenvalue weighted by molar-refractivity contribution is 0.244. The maximum atomic E-state index is 12.2. The minimum atomic E-state index is -0.351. The molecule has 182 valence electrons. The molecule has 2 amide bonds. The number of nitrogens with one attached hydrogen (secondary N) is 4. The molecule has 0 aliphatic heterocycles. The Hall–Kier alpha value is -3.82. The largest absolute Gasteiger partial charge is 0.493 e. The Balaban J connectivity index is 1.76. The number of rotatable bonds is 6. The fourth-order valence-corrected chi connectivity index (χ4v) is 2.98. The van der Waals surface area contributed by atoms with E-state index >= 15 is 0 Å². The zero-order valence-electron chi connectivity index (χ0n) is 21.0. The van der Waals surface area contributed by atoms with Gasteiger partial charge >= 0.3 is 12.0 Å². The van der Waals surface area contributed by atoms with Gasteiger partial charge in [-0.2, -0.15) is 10.1 Å². The average molecular weight is 468 g/mol. The van der Waals surface area contributed by atoms with Crippen LogP contribution in [0, 0.1) is 6.92 Å². The maximum absolute atomic E-state index is 12.2. The molecule has 0 aliphatic carbocycles. The van der Waals surface area contributed by atoms with Crippen molar-refractivity contribution in [2.45, 2.75) is 59.4 Å². The molecule has 0 aliphatic rings. The van der Waals surface area contributed by atoms with Gasteiger partial charge in [-0.1, -0.05) is 20.8 Å². The van der Waals surface area contributed by atoms with Crippen molar-refractivity contribution in [1.82, 2.24) is 25.5 Å². The lowest BCUT2D eigenvalue weighted by Crippen LogP contribution is -2.43. The zero-order valence-corrected chi connectivity index (χ0v) is 21.0. The number of aromatic amines is 1. The Labute approximate surface area is 199 Å². The van der Waals surface area contributed by atoms with E-state index in [1.165, 1.54) is 7.11 Å². The highest BCUT2D eigenvalue weighted by Crippen LogP contribution is 2.33. The average Bonchev–Trinajstić information content (AvgIpc) is 3.16. The van der Waals surface area contributed by atoms with E-state index in [-0.39, 0.29) is 23.0 Å². The van der Waals surface area contributed by atoms with Crippen molar-refractivity contribution in [2.24, 2.45) is 0 Å². The molecule has 0 radical (unpaired) electrons. The Bertz CT molecular complexity index is 1160. The lowest BCUT2D eigenvalue weighted by atomic mass is 9.92. The fraction of sp³-hybridized carbons (Fsp3) is 0.417. The second kappa shape index (κ2) is 9.58. The summed E-state index contributed by atoms with van der Waals surface area (Å²) in [5.41, 5.74) is 1.89. The number of methoxy groups -OCH3 is 1. The molecular weight excluding hydrogens is 434 g/mol. The van der Waals surface area contributed by atoms with E-state index < -0.39 is 0 Å². The van der Waals surface area contributed by atoms with Crippen LogP contribution in [0.2, 0.25) is 0 Å². The first-order chi connectivity index (χ1) is 15.8. The third-order valence-corrected chi connectivity index (χ3v) is 4.59. The summed E-state index contributed by atoms with van der Waals surface area (Å²) in [5, 5.41) is 16.2. The van der Waals surface area contributed by atoms with E-state index in [9.17, 15) is 4.79 Å². The first kappa shape index (κ1) is 24.8. The molecule has 0 fully saturated rings. The summed E-state index contributed by atoms with van der Waals surface area (Å²) in [5.74, 6) is 2.03. The first-order valence-electron chi connectivity index (χ1n) is 11.0. The standard InChI is InChI=1S/C24H33N7O3/c1-14-11-19(27-20-13-18(30-31-20)23(2,3)4)28-22(25-14)34-16-10-9-15(12-17(16)33-8)26-21(32)29-24(5,6)7/h9-13H,1-8H3,(H2,26,29,32)(H2,25,27,28,30,31). The van der Waals surface area contributed by atoms with Crippen LogP contribution in [-0.4, -0.2) is 38.8 Å². The highest BCUT2D eigenvalue weighted by Gasteiger charge is 2.18. The number of nitrogens with zero attached hydrogens (tertiary/aromatic N) is 3. The Kier molecular flexibility index (Phi) is 6.99. The SMILES string of the molecule is COc1cc(NC(=O)NC(C)(C)C)ccc1Oc1nc(C)cc(Nc2cc(C(C)(C)C)[nH]n2)n1. The van der Waals surface area contributed by atoms with Gasteiger partial charge in [0.15, 0.2) is 17.3 Å². The molecule has 3 rings (SSSR count). The van der Waals surface area contributed by atoms with Crippen LogP contribution in [0.15, 0.2) is 30.3 Å². The van der Waals surface area contributed by atoms with Gasteiger partial charge in [-0.25, -0.2) is 9.78 Å². The van der Waals surface area contributed by atoms with Crippen molar-refractivity contribution in [3.05, 3.63) is 41.7 Å². The molecule has 1 aromatic carbocycles. The van der Waals surface area contributed by atoms with E-state index in [1.54, 1.807) is 24.3 Å². The smallest absolute Gasteiger partial charge is 0.324 e. The van der Waals surface area contributed by atoms with Crippen LogP contribution in [0.25, 0.3) is 0 Å². The number of hydrogen-bond acceptors (Lipinski definition) is 7. The normalized spacial score (nSPS) is 11.6. The Morgan fingerprint density at radius 1 is 0.971 bits per heavy atom. The fourth-order valence-electron chi connectivity index (χ4n) is 2.98. The summed E-state index contributed by atoms with van der Waals surface area (Å²) in [6, 6.07) is 8.66. The van der Waals surface area contributed by atoms with Gasteiger partial charge in [-0.15, -0.1) is 0 Å². The number of aromatic nitrogens is 4. The predicted molar refractivity (Wildman–Crippen MR) is 132 cm³/mol. The molecule has 0 atom stereocenters. The molecule has 0 unspecified atom stereocenters. The summed E-state index contributed by atoms with van der Waals surface area (Å²) < 4.78 is 11.4. The van der Waals surface area contributed by atoms with E-state index in [0.29, 0.717) is 28.8 Å². The van der Waals surface area contributed by atoms with E-state index in [0.717, 1.165) is 11.4 Å². The van der Waals surface area contributed by atoms with Crippen molar-refractivity contribution in [2.75, 3.05) is 17.7 Å². The van der Waals surface area contributed by atoms with Gasteiger partial charge in [0.05, 0.1) is 7.11 Å². The number of H-pyrrole nitrogens is 1. The molecule has 0 spiro atoms. The first-order valence-corrected chi connectivity index (χ1v) is 11.0. The Morgan fingerprint density at radius 3 is 2.32 bits per heavy atom. The third-order valence-electron chi connectivity index (χ3n) is 4.59. The molecule has 2 heterocycles. The molecule has 10 nitrogen and oxygen atoms in total. The number of amides is 2. The minimum absolute atomic E-state index is 0.0478. The summed E-state index contributed by atoms with van der Waals surface area (Å²) >= 11 is 0. The van der Waals surface area contributed by atoms with Gasteiger partial charge in [0, 0.05) is 46.2 Å². The number of urea groups is 1. The summed E-state index contributed by atoms with van der Waals surface area (Å²) in [4.78, 5) is 21.0. The van der Waals surface area contributed by atoms with E-state index in [2.05, 4.69) is 56.9 Å². The summed E-state index contributed by atoms with van der Waals surface area (Å²) in [6.07, 6.45) is 0. The molecule has 0 saturated carbocycles. The van der Waals surface area contributed by atoms with Gasteiger partial charge in [0.1, 0.15) is 5.82 Å². The van der Waals surface area contributed by atoms with Crippen LogP contribution in [-0.2, 0) is 5.41 Å². The monoisotopic (exact) mass is 467 g/mol. The molecule has 0 saturated heterocycles. The Morgan fingerprint density at radius 2 is 1.71 bits per heavy atom. The zero-order chi connectivity index (χ0) is 25.1. The van der Waals surface area contributed by atoms with Crippen molar-refractivity contribution in [3.63, 3.8) is 0 Å². The quantitative estimate of drug-likeness (QED) is 0.389. The topological polar surface area (TPSA) is 126 Å². The van der Waals surface area contributed by atoms with Crippen LogP contribution < -0.4 is 25.4 Å². The second-order valence-corrected chi connectivity index (χ2v) is 10.0. The van der Waals surface area contributed by atoms with Gasteiger partial charge in [0.25, 0.3) is 0 Å². The number of hydrogen-bond donors (Lipinski definition) is 4. The molecule has 0 bridgehead atoms. The van der Waals surface area contributed by atoms with Crippen molar-refractivity contribution in [3.8, 4) is 17.5 Å². The molecule has 3 aromatic rings. The number of anilines is 3. The molecule has 10 heteroatoms. The van der Waals surface area contributed by atoms with Crippen LogP contribution in [0.3, 0.4) is 0 Å². The predicted octanol–water partition coefficient (Wildman–Crippen LogP) is 5.27. The summed E-state index contributed by atoms with van der Waals surface area (Å²) in [6.45, 7) is 13.9. The van der Waals surface area contributed by atoms with Crippen LogP contribution in [0.4, 0.5) is 22.1 Å². The molecule has 2 aromatic heterocycles. The second-order valence-electron chi connectivity index (χ2n) is 10.0. The van der Waals surface area contributed by atoms with Gasteiger partial charge in [-0.05, 0) is 39.8 Å². The van der Waals surface area contributed by atoms with Gasteiger partial charge < -0.3 is 25.4 Å².